The zero-order valence-corrected chi connectivity index (χ0v) is 15.0. The van der Waals surface area contributed by atoms with Crippen molar-refractivity contribution in [3.63, 3.8) is 0 Å². The number of aromatic nitrogens is 2. The highest BCUT2D eigenvalue weighted by Gasteiger charge is 2.26. The van der Waals surface area contributed by atoms with Crippen molar-refractivity contribution in [1.82, 2.24) is 15.1 Å². The molecule has 0 aliphatic carbocycles. The molecule has 3 nitrogen and oxygen atoms in total. The van der Waals surface area contributed by atoms with Gasteiger partial charge in [-0.2, -0.15) is 5.10 Å². The van der Waals surface area contributed by atoms with Gasteiger partial charge < -0.3 is 5.32 Å². The molecule has 2 rings (SSSR count). The molecule has 2 aromatic rings. The summed E-state index contributed by atoms with van der Waals surface area (Å²) < 4.78 is 2.98. The van der Waals surface area contributed by atoms with Crippen LogP contribution in [0.5, 0.6) is 0 Å². The number of hydrogen-bond donors (Lipinski definition) is 1. The van der Waals surface area contributed by atoms with Crippen LogP contribution in [-0.4, -0.2) is 16.3 Å². The Labute approximate surface area is 135 Å². The average Bonchev–Trinajstić information content (AvgIpc) is 2.75. The molecule has 1 heterocycles. The first-order valence-corrected chi connectivity index (χ1v) is 8.15. The van der Waals surface area contributed by atoms with Crippen LogP contribution < -0.4 is 5.32 Å². The highest BCUT2D eigenvalue weighted by molar-refractivity contribution is 9.10. The number of nitrogens with zero attached hydrogens (tertiary/aromatic N) is 2. The van der Waals surface area contributed by atoms with E-state index in [1.165, 1.54) is 11.1 Å². The van der Waals surface area contributed by atoms with Gasteiger partial charge in [0.2, 0.25) is 0 Å². The van der Waals surface area contributed by atoms with Crippen LogP contribution in [0.3, 0.4) is 0 Å². The first-order chi connectivity index (χ1) is 9.86. The molecule has 0 amide bonds. The van der Waals surface area contributed by atoms with Crippen molar-refractivity contribution >= 4 is 15.9 Å². The van der Waals surface area contributed by atoms with Crippen LogP contribution in [0.2, 0.25) is 0 Å². The lowest BCUT2D eigenvalue weighted by molar-refractivity contribution is 0.535. The third-order valence-electron chi connectivity index (χ3n) is 3.70. The lowest BCUT2D eigenvalue weighted by Crippen LogP contribution is -2.28. The van der Waals surface area contributed by atoms with Crippen LogP contribution in [0.1, 0.15) is 50.6 Å². The summed E-state index contributed by atoms with van der Waals surface area (Å²) in [5.41, 5.74) is 3.95. The van der Waals surface area contributed by atoms with E-state index in [0.29, 0.717) is 0 Å². The van der Waals surface area contributed by atoms with Crippen molar-refractivity contribution in [2.24, 2.45) is 7.05 Å². The Morgan fingerprint density at radius 2 is 1.95 bits per heavy atom. The number of rotatable bonds is 4. The van der Waals surface area contributed by atoms with Crippen LogP contribution in [0, 0.1) is 0 Å². The maximum atomic E-state index is 4.37. The van der Waals surface area contributed by atoms with Crippen LogP contribution >= 0.6 is 15.9 Å². The normalized spacial score (nSPS) is 13.4. The molecule has 1 atom stereocenters. The number of aryl methyl sites for hydroxylation is 1. The smallest absolute Gasteiger partial charge is 0.0762 e. The molecule has 1 aromatic heterocycles. The summed E-state index contributed by atoms with van der Waals surface area (Å²) in [7, 11) is 1.99. The fraction of sp³-hybridized carbons (Fsp3) is 0.471. The summed E-state index contributed by atoms with van der Waals surface area (Å²) in [6, 6.07) is 8.80. The summed E-state index contributed by atoms with van der Waals surface area (Å²) in [5.74, 6) is 0. The van der Waals surface area contributed by atoms with E-state index >= 15 is 0 Å². The van der Waals surface area contributed by atoms with Crippen LogP contribution in [0.25, 0.3) is 0 Å². The van der Waals surface area contributed by atoms with Crippen molar-refractivity contribution in [3.8, 4) is 0 Å². The van der Waals surface area contributed by atoms with E-state index in [9.17, 15) is 0 Å². The van der Waals surface area contributed by atoms with Crippen molar-refractivity contribution in [3.05, 3.63) is 51.8 Å². The highest BCUT2D eigenvalue weighted by Crippen LogP contribution is 2.34. The van der Waals surface area contributed by atoms with Gasteiger partial charge in [0.15, 0.2) is 0 Å². The molecule has 0 bridgehead atoms. The second kappa shape index (κ2) is 6.32. The third kappa shape index (κ3) is 3.38. The van der Waals surface area contributed by atoms with E-state index in [1.807, 2.05) is 17.9 Å². The molecule has 114 valence electrons. The molecular formula is C17H24BrN3. The number of benzene rings is 1. The van der Waals surface area contributed by atoms with Gasteiger partial charge in [-0.15, -0.1) is 0 Å². The molecule has 1 aromatic carbocycles. The van der Waals surface area contributed by atoms with Gasteiger partial charge in [-0.25, -0.2) is 0 Å². The molecule has 0 saturated heterocycles. The summed E-state index contributed by atoms with van der Waals surface area (Å²) >= 11 is 3.64. The molecule has 0 spiro atoms. The van der Waals surface area contributed by atoms with Gasteiger partial charge in [0.25, 0.3) is 0 Å². The summed E-state index contributed by atoms with van der Waals surface area (Å²) in [4.78, 5) is 0. The van der Waals surface area contributed by atoms with Crippen molar-refractivity contribution in [2.45, 2.75) is 39.2 Å². The SMILES string of the molecule is CCNC(c1ccccc1C(C)(C)C)c1c(Br)cnn1C. The van der Waals surface area contributed by atoms with Crippen LogP contribution in [0.15, 0.2) is 34.9 Å². The minimum absolute atomic E-state index is 0.106. The summed E-state index contributed by atoms with van der Waals surface area (Å²) in [6.07, 6.45) is 1.86. The van der Waals surface area contributed by atoms with Gasteiger partial charge >= 0.3 is 0 Å². The Morgan fingerprint density at radius 3 is 2.48 bits per heavy atom. The molecule has 21 heavy (non-hydrogen) atoms. The fourth-order valence-electron chi connectivity index (χ4n) is 2.73. The lowest BCUT2D eigenvalue weighted by Gasteiger charge is -2.28. The van der Waals surface area contributed by atoms with E-state index in [2.05, 4.69) is 78.3 Å². The van der Waals surface area contributed by atoms with Gasteiger partial charge in [-0.3, -0.25) is 4.68 Å². The van der Waals surface area contributed by atoms with Gasteiger partial charge in [0, 0.05) is 7.05 Å². The third-order valence-corrected chi connectivity index (χ3v) is 4.31. The van der Waals surface area contributed by atoms with Crippen molar-refractivity contribution in [2.75, 3.05) is 6.54 Å². The molecule has 0 radical (unpaired) electrons. The lowest BCUT2D eigenvalue weighted by atomic mass is 9.81. The van der Waals surface area contributed by atoms with E-state index in [0.717, 1.165) is 16.7 Å². The molecule has 0 aliphatic rings. The number of hydrogen-bond acceptors (Lipinski definition) is 2. The van der Waals surface area contributed by atoms with Crippen LogP contribution in [0.4, 0.5) is 0 Å². The standard InChI is InChI=1S/C17H24BrN3/c1-6-19-15(16-14(18)11-20-21(16)5)12-9-7-8-10-13(12)17(2,3)4/h7-11,15,19H,6H2,1-5H3. The monoisotopic (exact) mass is 349 g/mol. The zero-order chi connectivity index (χ0) is 15.6. The molecule has 0 aliphatic heterocycles. The summed E-state index contributed by atoms with van der Waals surface area (Å²) in [5, 5.41) is 7.97. The van der Waals surface area contributed by atoms with E-state index in [4.69, 9.17) is 0 Å². The maximum absolute atomic E-state index is 4.37. The number of halogens is 1. The van der Waals surface area contributed by atoms with Gasteiger partial charge in [-0.1, -0.05) is 52.0 Å². The second-order valence-electron chi connectivity index (χ2n) is 6.33. The minimum atomic E-state index is 0.106. The predicted molar refractivity (Wildman–Crippen MR) is 91.6 cm³/mol. The molecular weight excluding hydrogens is 326 g/mol. The Bertz CT molecular complexity index is 591. The molecule has 0 saturated carbocycles. The molecule has 4 heteroatoms. The first kappa shape index (κ1) is 16.2. The number of nitrogens with one attached hydrogen (secondary N) is 1. The van der Waals surface area contributed by atoms with E-state index < -0.39 is 0 Å². The molecule has 0 fully saturated rings. The first-order valence-electron chi connectivity index (χ1n) is 7.36. The Hall–Kier alpha value is -1.13. The largest absolute Gasteiger partial charge is 0.305 e. The predicted octanol–water partition coefficient (Wildman–Crippen LogP) is 4.18. The van der Waals surface area contributed by atoms with Crippen LogP contribution in [-0.2, 0) is 12.5 Å². The Kier molecular flexibility index (Phi) is 4.89. The Balaban J connectivity index is 2.60. The van der Waals surface area contributed by atoms with E-state index in [-0.39, 0.29) is 11.5 Å². The zero-order valence-electron chi connectivity index (χ0n) is 13.4. The average molecular weight is 350 g/mol. The van der Waals surface area contributed by atoms with E-state index in [1.54, 1.807) is 0 Å². The Morgan fingerprint density at radius 1 is 1.29 bits per heavy atom. The quantitative estimate of drug-likeness (QED) is 0.897. The molecule has 1 N–H and O–H groups in total. The topological polar surface area (TPSA) is 29.9 Å². The highest BCUT2D eigenvalue weighted by atomic mass is 79.9. The molecule has 1 unspecified atom stereocenters. The fourth-order valence-corrected chi connectivity index (χ4v) is 3.31. The van der Waals surface area contributed by atoms with Crippen molar-refractivity contribution < 1.29 is 0 Å². The van der Waals surface area contributed by atoms with Crippen molar-refractivity contribution in [1.29, 1.82) is 0 Å². The van der Waals surface area contributed by atoms with Gasteiger partial charge in [0.05, 0.1) is 22.4 Å². The second-order valence-corrected chi connectivity index (χ2v) is 7.18. The summed E-state index contributed by atoms with van der Waals surface area (Å²) in [6.45, 7) is 9.81. The van der Waals surface area contributed by atoms with Gasteiger partial charge in [-0.05, 0) is 39.0 Å². The minimum Gasteiger partial charge on any atom is -0.305 e. The van der Waals surface area contributed by atoms with Gasteiger partial charge in [0.1, 0.15) is 0 Å². The maximum Gasteiger partial charge on any atom is 0.0762 e.